The zero-order valence-corrected chi connectivity index (χ0v) is 13.8. The molecule has 3 heterocycles. The number of β-amino-alcohol motifs (C(OH)–C–C–N with tert-alkyl or cyclic N) is 1. The second kappa shape index (κ2) is 5.87. The van der Waals surface area contributed by atoms with Gasteiger partial charge in [0.25, 0.3) is 0 Å². The predicted molar refractivity (Wildman–Crippen MR) is 92.8 cm³/mol. The molecule has 4 rings (SSSR count). The first-order valence-electron chi connectivity index (χ1n) is 8.29. The molecule has 3 aromatic rings. The van der Waals surface area contributed by atoms with Gasteiger partial charge in [-0.2, -0.15) is 0 Å². The summed E-state index contributed by atoms with van der Waals surface area (Å²) in [6.45, 7) is 1.53. The van der Waals surface area contributed by atoms with Crippen LogP contribution in [0, 0.1) is 0 Å². The van der Waals surface area contributed by atoms with Crippen LogP contribution in [0.2, 0.25) is 0 Å². The molecule has 0 spiro atoms. The zero-order valence-electron chi connectivity index (χ0n) is 13.8. The second-order valence-electron chi connectivity index (χ2n) is 6.63. The molecular formula is C18H21N5O. The van der Waals surface area contributed by atoms with Gasteiger partial charge in [-0.1, -0.05) is 18.2 Å². The highest BCUT2D eigenvalue weighted by molar-refractivity contribution is 5.91. The van der Waals surface area contributed by atoms with Crippen molar-refractivity contribution in [3.8, 4) is 0 Å². The lowest BCUT2D eigenvalue weighted by molar-refractivity contribution is 0.0239. The van der Waals surface area contributed by atoms with E-state index in [0.717, 1.165) is 41.8 Å². The molecule has 124 valence electrons. The van der Waals surface area contributed by atoms with Crippen molar-refractivity contribution in [1.29, 1.82) is 0 Å². The number of pyridine rings is 1. The van der Waals surface area contributed by atoms with Crippen molar-refractivity contribution in [2.75, 3.05) is 18.0 Å². The fraction of sp³-hybridized carbons (Fsp3) is 0.389. The Morgan fingerprint density at radius 1 is 1.25 bits per heavy atom. The van der Waals surface area contributed by atoms with Gasteiger partial charge < -0.3 is 14.6 Å². The summed E-state index contributed by atoms with van der Waals surface area (Å²) in [5.74, 6) is 0.818. The van der Waals surface area contributed by atoms with E-state index >= 15 is 0 Å². The number of aromatic nitrogens is 4. The Morgan fingerprint density at radius 2 is 2.12 bits per heavy atom. The van der Waals surface area contributed by atoms with E-state index in [4.69, 9.17) is 0 Å². The Kier molecular flexibility index (Phi) is 3.69. The first-order valence-corrected chi connectivity index (χ1v) is 8.29. The van der Waals surface area contributed by atoms with Crippen LogP contribution >= 0.6 is 0 Å². The first kappa shape index (κ1) is 15.1. The minimum Gasteiger partial charge on any atom is -0.388 e. The minimum atomic E-state index is -0.788. The van der Waals surface area contributed by atoms with E-state index in [9.17, 15) is 5.11 Å². The van der Waals surface area contributed by atoms with E-state index in [2.05, 4.69) is 26.1 Å². The topological polar surface area (TPSA) is 67.1 Å². The molecule has 6 nitrogen and oxygen atoms in total. The highest BCUT2D eigenvalue weighted by Gasteiger charge is 2.35. The van der Waals surface area contributed by atoms with Crippen LogP contribution in [-0.4, -0.2) is 43.5 Å². The molecule has 0 aliphatic carbocycles. The van der Waals surface area contributed by atoms with Crippen LogP contribution in [0.1, 0.15) is 18.7 Å². The largest absolute Gasteiger partial charge is 0.388 e. The molecule has 1 saturated heterocycles. The zero-order chi connectivity index (χ0) is 16.6. The summed E-state index contributed by atoms with van der Waals surface area (Å²) in [5, 5.41) is 20.3. The molecular weight excluding hydrogens is 302 g/mol. The quantitative estimate of drug-likeness (QED) is 0.798. The molecule has 0 amide bonds. The van der Waals surface area contributed by atoms with Crippen molar-refractivity contribution < 1.29 is 5.11 Å². The van der Waals surface area contributed by atoms with Crippen LogP contribution in [0.15, 0.2) is 42.9 Å². The second-order valence-corrected chi connectivity index (χ2v) is 6.63. The van der Waals surface area contributed by atoms with Gasteiger partial charge in [-0.05, 0) is 25.0 Å². The van der Waals surface area contributed by atoms with Crippen molar-refractivity contribution >= 4 is 16.6 Å². The van der Waals surface area contributed by atoms with Crippen molar-refractivity contribution in [3.63, 3.8) is 0 Å². The maximum atomic E-state index is 11.1. The maximum absolute atomic E-state index is 11.1. The monoisotopic (exact) mass is 323 g/mol. The van der Waals surface area contributed by atoms with Gasteiger partial charge >= 0.3 is 0 Å². The van der Waals surface area contributed by atoms with E-state index < -0.39 is 5.60 Å². The normalized spacial score (nSPS) is 21.3. The number of para-hydroxylation sites is 1. The highest BCUT2D eigenvalue weighted by Crippen LogP contribution is 2.32. The van der Waals surface area contributed by atoms with Crippen LogP contribution in [-0.2, 0) is 13.5 Å². The van der Waals surface area contributed by atoms with E-state index in [1.54, 1.807) is 6.33 Å². The summed E-state index contributed by atoms with van der Waals surface area (Å²) in [7, 11) is 1.91. The molecule has 1 atom stereocenters. The summed E-state index contributed by atoms with van der Waals surface area (Å²) in [6.07, 6.45) is 5.76. The van der Waals surface area contributed by atoms with E-state index in [0.29, 0.717) is 13.0 Å². The highest BCUT2D eigenvalue weighted by atomic mass is 16.3. The van der Waals surface area contributed by atoms with Crippen molar-refractivity contribution in [2.24, 2.45) is 7.05 Å². The number of hydrogen-bond donors (Lipinski definition) is 1. The van der Waals surface area contributed by atoms with Crippen molar-refractivity contribution in [2.45, 2.75) is 24.9 Å². The number of aryl methyl sites for hydroxylation is 1. The Balaban J connectivity index is 1.63. The number of hydrogen-bond acceptors (Lipinski definition) is 5. The van der Waals surface area contributed by atoms with Gasteiger partial charge in [-0.25, -0.2) is 0 Å². The molecule has 2 aromatic heterocycles. The van der Waals surface area contributed by atoms with Crippen LogP contribution in [0.5, 0.6) is 0 Å². The van der Waals surface area contributed by atoms with Gasteiger partial charge in [0.05, 0.1) is 11.1 Å². The summed E-state index contributed by atoms with van der Waals surface area (Å²) in [5.41, 5.74) is 1.33. The number of anilines is 1. The molecule has 1 aromatic carbocycles. The van der Waals surface area contributed by atoms with E-state index in [1.807, 2.05) is 42.1 Å². The van der Waals surface area contributed by atoms with Crippen molar-refractivity contribution in [3.05, 3.63) is 48.7 Å². The Labute approximate surface area is 140 Å². The number of aliphatic hydroxyl groups is 1. The van der Waals surface area contributed by atoms with Gasteiger partial charge in [0.15, 0.2) is 0 Å². The molecule has 1 N–H and O–H groups in total. The Bertz CT molecular complexity index is 856. The molecule has 24 heavy (non-hydrogen) atoms. The fourth-order valence-corrected chi connectivity index (χ4v) is 3.58. The molecule has 6 heteroatoms. The summed E-state index contributed by atoms with van der Waals surface area (Å²) < 4.78 is 1.87. The molecule has 1 unspecified atom stereocenters. The van der Waals surface area contributed by atoms with Crippen LogP contribution in [0.4, 0.5) is 5.69 Å². The van der Waals surface area contributed by atoms with E-state index in [1.165, 1.54) is 0 Å². The third kappa shape index (κ3) is 2.73. The third-order valence-electron chi connectivity index (χ3n) is 4.81. The van der Waals surface area contributed by atoms with Gasteiger partial charge in [-0.15, -0.1) is 10.2 Å². The summed E-state index contributed by atoms with van der Waals surface area (Å²) in [6, 6.07) is 10.2. The van der Waals surface area contributed by atoms with Crippen LogP contribution < -0.4 is 4.90 Å². The third-order valence-corrected chi connectivity index (χ3v) is 4.81. The maximum Gasteiger partial charge on any atom is 0.135 e. The van der Waals surface area contributed by atoms with Crippen LogP contribution in [0.25, 0.3) is 10.9 Å². The lowest BCUT2D eigenvalue weighted by Crippen LogP contribution is -2.50. The lowest BCUT2D eigenvalue weighted by atomic mass is 9.88. The molecule has 0 saturated carbocycles. The number of benzene rings is 1. The first-order chi connectivity index (χ1) is 11.6. The summed E-state index contributed by atoms with van der Waals surface area (Å²) >= 11 is 0. The van der Waals surface area contributed by atoms with Gasteiger partial charge in [-0.3, -0.25) is 4.98 Å². The minimum absolute atomic E-state index is 0.517. The van der Waals surface area contributed by atoms with E-state index in [-0.39, 0.29) is 0 Å². The standard InChI is InChI=1S/C18H21N5O/c1-22-13-20-21-17(22)11-18(24)8-4-10-23(12-18)16-7-9-19-15-6-3-2-5-14(15)16/h2-3,5-7,9,13,24H,4,8,10-12H2,1H3. The Hall–Kier alpha value is -2.47. The molecule has 0 bridgehead atoms. The van der Waals surface area contributed by atoms with Gasteiger partial charge in [0.1, 0.15) is 12.2 Å². The SMILES string of the molecule is Cn1cnnc1CC1(O)CCCN(c2ccnc3ccccc23)C1. The summed E-state index contributed by atoms with van der Waals surface area (Å²) in [4.78, 5) is 6.70. The molecule has 0 radical (unpaired) electrons. The fourth-order valence-electron chi connectivity index (χ4n) is 3.58. The van der Waals surface area contributed by atoms with Crippen LogP contribution in [0.3, 0.4) is 0 Å². The number of rotatable bonds is 3. The van der Waals surface area contributed by atoms with Crippen molar-refractivity contribution in [1.82, 2.24) is 19.7 Å². The predicted octanol–water partition coefficient (Wildman–Crippen LogP) is 1.94. The number of fused-ring (bicyclic) bond motifs is 1. The molecule has 1 aliphatic heterocycles. The average molecular weight is 323 g/mol. The number of piperidine rings is 1. The average Bonchev–Trinajstić information content (AvgIpc) is 2.98. The molecule has 1 aliphatic rings. The molecule has 1 fully saturated rings. The number of nitrogens with zero attached hydrogens (tertiary/aromatic N) is 5. The smallest absolute Gasteiger partial charge is 0.135 e. The Morgan fingerprint density at radius 3 is 2.96 bits per heavy atom. The van der Waals surface area contributed by atoms with Gasteiger partial charge in [0, 0.05) is 43.8 Å². The lowest BCUT2D eigenvalue weighted by Gasteiger charge is -2.40. The van der Waals surface area contributed by atoms with Gasteiger partial charge in [0.2, 0.25) is 0 Å².